The van der Waals surface area contributed by atoms with Crippen LogP contribution in [0.4, 0.5) is 0 Å². The molecule has 114 valence electrons. The highest BCUT2D eigenvalue weighted by molar-refractivity contribution is 6.30. The summed E-state index contributed by atoms with van der Waals surface area (Å²) in [7, 11) is 1.70. The van der Waals surface area contributed by atoms with E-state index in [1.54, 1.807) is 7.11 Å². The van der Waals surface area contributed by atoms with Crippen LogP contribution in [0.25, 0.3) is 0 Å². The Morgan fingerprint density at radius 1 is 1.30 bits per heavy atom. The number of hydrogen-bond acceptors (Lipinski definition) is 3. The first-order valence-corrected chi connectivity index (χ1v) is 7.38. The van der Waals surface area contributed by atoms with Crippen LogP contribution in [0.5, 0.6) is 5.75 Å². The Kier molecular flexibility index (Phi) is 6.80. The lowest BCUT2D eigenvalue weighted by molar-refractivity contribution is 0.134. The molecule has 1 rings (SSSR count). The predicted octanol–water partition coefficient (Wildman–Crippen LogP) is 4.03. The van der Waals surface area contributed by atoms with Gasteiger partial charge in [0.15, 0.2) is 0 Å². The molecule has 0 radical (unpaired) electrons. The SMILES string of the molecule is COCCC(C)Oc1ccc(Cl)cc1CNC(C)(C)C. The Bertz CT molecular complexity index is 415. The van der Waals surface area contributed by atoms with E-state index in [0.29, 0.717) is 6.61 Å². The van der Waals surface area contributed by atoms with Gasteiger partial charge in [-0.2, -0.15) is 0 Å². The molecule has 1 aromatic rings. The summed E-state index contributed by atoms with van der Waals surface area (Å²) in [6, 6.07) is 5.75. The Hall–Kier alpha value is -0.770. The first-order chi connectivity index (χ1) is 9.31. The van der Waals surface area contributed by atoms with Crippen LogP contribution in [0.3, 0.4) is 0 Å². The smallest absolute Gasteiger partial charge is 0.124 e. The van der Waals surface area contributed by atoms with Crippen LogP contribution in [0.1, 0.15) is 39.7 Å². The van der Waals surface area contributed by atoms with Crippen molar-refractivity contribution in [3.8, 4) is 5.75 Å². The van der Waals surface area contributed by atoms with Crippen molar-refractivity contribution < 1.29 is 9.47 Å². The first-order valence-electron chi connectivity index (χ1n) is 7.01. The summed E-state index contributed by atoms with van der Waals surface area (Å²) in [6.45, 7) is 9.90. The van der Waals surface area contributed by atoms with Crippen molar-refractivity contribution in [2.75, 3.05) is 13.7 Å². The van der Waals surface area contributed by atoms with E-state index in [1.165, 1.54) is 0 Å². The fourth-order valence-electron chi connectivity index (χ4n) is 1.72. The molecular formula is C16H26ClNO2. The summed E-state index contributed by atoms with van der Waals surface area (Å²) < 4.78 is 11.1. The van der Waals surface area contributed by atoms with Crippen molar-refractivity contribution in [3.05, 3.63) is 28.8 Å². The molecule has 0 aliphatic rings. The second-order valence-corrected chi connectivity index (χ2v) is 6.50. The van der Waals surface area contributed by atoms with Crippen molar-refractivity contribution in [3.63, 3.8) is 0 Å². The maximum absolute atomic E-state index is 6.08. The fourth-order valence-corrected chi connectivity index (χ4v) is 1.92. The number of ether oxygens (including phenoxy) is 2. The van der Waals surface area contributed by atoms with Crippen LogP contribution < -0.4 is 10.1 Å². The molecule has 0 aliphatic heterocycles. The minimum Gasteiger partial charge on any atom is -0.490 e. The number of methoxy groups -OCH3 is 1. The summed E-state index contributed by atoms with van der Waals surface area (Å²) in [6.07, 6.45) is 0.982. The maximum atomic E-state index is 6.08. The van der Waals surface area contributed by atoms with Gasteiger partial charge in [0.25, 0.3) is 0 Å². The molecular weight excluding hydrogens is 274 g/mol. The number of halogens is 1. The van der Waals surface area contributed by atoms with Crippen LogP contribution in [-0.4, -0.2) is 25.4 Å². The van der Waals surface area contributed by atoms with E-state index >= 15 is 0 Å². The van der Waals surface area contributed by atoms with E-state index in [9.17, 15) is 0 Å². The molecule has 0 aromatic heterocycles. The molecule has 1 N–H and O–H groups in total. The number of hydrogen-bond donors (Lipinski definition) is 1. The average molecular weight is 300 g/mol. The van der Waals surface area contributed by atoms with Gasteiger partial charge in [0.2, 0.25) is 0 Å². The molecule has 4 heteroatoms. The number of rotatable bonds is 7. The van der Waals surface area contributed by atoms with Crippen LogP contribution in [0.15, 0.2) is 18.2 Å². The Balaban J connectivity index is 2.74. The topological polar surface area (TPSA) is 30.5 Å². The standard InChI is InChI=1S/C16H26ClNO2/c1-12(8-9-19-5)20-15-7-6-14(17)10-13(15)11-18-16(2,3)4/h6-7,10,12,18H,8-9,11H2,1-5H3. The third kappa shape index (κ3) is 6.60. The third-order valence-corrected chi connectivity index (χ3v) is 3.12. The van der Waals surface area contributed by atoms with Crippen LogP contribution >= 0.6 is 11.6 Å². The maximum Gasteiger partial charge on any atom is 0.124 e. The molecule has 1 atom stereocenters. The lowest BCUT2D eigenvalue weighted by Crippen LogP contribution is -2.35. The normalized spacial score (nSPS) is 13.3. The fraction of sp³-hybridized carbons (Fsp3) is 0.625. The summed E-state index contributed by atoms with van der Waals surface area (Å²) in [5.74, 6) is 0.884. The third-order valence-electron chi connectivity index (χ3n) is 2.89. The predicted molar refractivity (Wildman–Crippen MR) is 84.6 cm³/mol. The van der Waals surface area contributed by atoms with Crippen molar-refractivity contribution in [2.24, 2.45) is 0 Å². The highest BCUT2D eigenvalue weighted by Crippen LogP contribution is 2.25. The van der Waals surface area contributed by atoms with Gasteiger partial charge in [-0.05, 0) is 45.9 Å². The molecule has 1 unspecified atom stereocenters. The molecule has 0 aliphatic carbocycles. The van der Waals surface area contributed by atoms with Gasteiger partial charge >= 0.3 is 0 Å². The molecule has 0 fully saturated rings. The molecule has 1 aromatic carbocycles. The van der Waals surface area contributed by atoms with E-state index in [0.717, 1.165) is 29.3 Å². The second kappa shape index (κ2) is 7.87. The molecule has 0 saturated heterocycles. The molecule has 20 heavy (non-hydrogen) atoms. The molecule has 0 bridgehead atoms. The lowest BCUT2D eigenvalue weighted by atomic mass is 10.1. The van der Waals surface area contributed by atoms with Gasteiger partial charge in [-0.1, -0.05) is 11.6 Å². The lowest BCUT2D eigenvalue weighted by Gasteiger charge is -2.23. The summed E-state index contributed by atoms with van der Waals surface area (Å²) in [5, 5.41) is 4.19. The van der Waals surface area contributed by atoms with Crippen molar-refractivity contribution in [1.82, 2.24) is 5.32 Å². The Morgan fingerprint density at radius 2 is 2.00 bits per heavy atom. The van der Waals surface area contributed by atoms with Crippen LogP contribution in [-0.2, 0) is 11.3 Å². The summed E-state index contributed by atoms with van der Waals surface area (Å²) in [5.41, 5.74) is 1.14. The van der Waals surface area contributed by atoms with Gasteiger partial charge in [0, 0.05) is 42.8 Å². The molecule has 0 heterocycles. The van der Waals surface area contributed by atoms with E-state index in [1.807, 2.05) is 18.2 Å². The minimum atomic E-state index is 0.0568. The van der Waals surface area contributed by atoms with Gasteiger partial charge < -0.3 is 14.8 Å². The zero-order chi connectivity index (χ0) is 15.2. The van der Waals surface area contributed by atoms with Gasteiger partial charge in [-0.15, -0.1) is 0 Å². The highest BCUT2D eigenvalue weighted by Gasteiger charge is 2.13. The van der Waals surface area contributed by atoms with Crippen molar-refractivity contribution in [2.45, 2.75) is 52.3 Å². The highest BCUT2D eigenvalue weighted by atomic mass is 35.5. The van der Waals surface area contributed by atoms with Gasteiger partial charge in [0.05, 0.1) is 6.10 Å². The van der Waals surface area contributed by atoms with Crippen molar-refractivity contribution >= 4 is 11.6 Å². The first kappa shape index (κ1) is 17.3. The molecule has 0 spiro atoms. The number of benzene rings is 1. The second-order valence-electron chi connectivity index (χ2n) is 6.07. The Morgan fingerprint density at radius 3 is 2.60 bits per heavy atom. The minimum absolute atomic E-state index is 0.0568. The molecule has 3 nitrogen and oxygen atoms in total. The molecule has 0 saturated carbocycles. The van der Waals surface area contributed by atoms with E-state index in [-0.39, 0.29) is 11.6 Å². The van der Waals surface area contributed by atoms with Gasteiger partial charge in [-0.3, -0.25) is 0 Å². The number of nitrogens with one attached hydrogen (secondary N) is 1. The van der Waals surface area contributed by atoms with E-state index in [4.69, 9.17) is 21.1 Å². The average Bonchev–Trinajstić information content (AvgIpc) is 2.35. The summed E-state index contributed by atoms with van der Waals surface area (Å²) in [4.78, 5) is 0. The largest absolute Gasteiger partial charge is 0.490 e. The van der Waals surface area contributed by atoms with Gasteiger partial charge in [-0.25, -0.2) is 0 Å². The van der Waals surface area contributed by atoms with Crippen LogP contribution in [0.2, 0.25) is 5.02 Å². The summed E-state index contributed by atoms with van der Waals surface area (Å²) >= 11 is 6.08. The van der Waals surface area contributed by atoms with Gasteiger partial charge in [0.1, 0.15) is 5.75 Å². The van der Waals surface area contributed by atoms with E-state index in [2.05, 4.69) is 33.0 Å². The zero-order valence-electron chi connectivity index (χ0n) is 13.1. The van der Waals surface area contributed by atoms with E-state index < -0.39 is 0 Å². The monoisotopic (exact) mass is 299 g/mol. The van der Waals surface area contributed by atoms with Crippen LogP contribution in [0, 0.1) is 0 Å². The quantitative estimate of drug-likeness (QED) is 0.824. The Labute approximate surface area is 127 Å². The molecule has 0 amide bonds. The zero-order valence-corrected chi connectivity index (χ0v) is 13.9. The van der Waals surface area contributed by atoms with Crippen molar-refractivity contribution in [1.29, 1.82) is 0 Å².